The number of nitrogens with zero attached hydrogens (tertiary/aromatic N) is 4. The Balaban J connectivity index is 2.82. The zero-order chi connectivity index (χ0) is 17.1. The molecule has 0 atom stereocenters. The number of hydrogen-bond donors (Lipinski definition) is 0. The van der Waals surface area contributed by atoms with Gasteiger partial charge in [-0.25, -0.2) is 0 Å². The van der Waals surface area contributed by atoms with Crippen LogP contribution >= 0.6 is 0 Å². The second-order valence-corrected chi connectivity index (χ2v) is 5.75. The van der Waals surface area contributed by atoms with Crippen LogP contribution in [0.3, 0.4) is 0 Å². The first-order valence-corrected chi connectivity index (χ1v) is 7.28. The summed E-state index contributed by atoms with van der Waals surface area (Å²) in [5.74, 6) is 0. The van der Waals surface area contributed by atoms with Crippen molar-refractivity contribution in [1.29, 1.82) is 5.26 Å². The average Bonchev–Trinajstić information content (AvgIpc) is 2.47. The smallest absolute Gasteiger partial charge is 0.268 e. The lowest BCUT2D eigenvalue weighted by atomic mass is 10.0. The molecule has 0 spiro atoms. The molecule has 118 valence electrons. The summed E-state index contributed by atoms with van der Waals surface area (Å²) in [6.07, 6.45) is 3.76. The van der Waals surface area contributed by atoms with Crippen molar-refractivity contribution in [2.45, 2.75) is 13.8 Å². The minimum Gasteiger partial charge on any atom is -0.383 e. The van der Waals surface area contributed by atoms with Gasteiger partial charge in [-0.1, -0.05) is 0 Å². The van der Waals surface area contributed by atoms with Gasteiger partial charge in [0.05, 0.1) is 5.69 Å². The monoisotopic (exact) mass is 308 g/mol. The first kappa shape index (κ1) is 16.5. The number of hydrogen-bond acceptors (Lipinski definition) is 4. The molecule has 23 heavy (non-hydrogen) atoms. The predicted octanol–water partition coefficient (Wildman–Crippen LogP) is 2.47. The highest BCUT2D eigenvalue weighted by Gasteiger charge is 2.13. The fourth-order valence-corrected chi connectivity index (χ4v) is 2.47. The van der Waals surface area contributed by atoms with E-state index in [2.05, 4.69) is 4.98 Å². The van der Waals surface area contributed by atoms with Crippen LogP contribution < -0.4 is 5.56 Å². The van der Waals surface area contributed by atoms with Crippen LogP contribution in [0.1, 0.15) is 22.6 Å². The highest BCUT2D eigenvalue weighted by Crippen LogP contribution is 2.25. The highest BCUT2D eigenvalue weighted by atomic mass is 16.1. The highest BCUT2D eigenvalue weighted by molar-refractivity contribution is 5.75. The van der Waals surface area contributed by atoms with E-state index in [0.29, 0.717) is 0 Å². The van der Waals surface area contributed by atoms with E-state index in [0.717, 1.165) is 28.2 Å². The number of pyridine rings is 2. The van der Waals surface area contributed by atoms with Crippen LogP contribution in [0.5, 0.6) is 0 Å². The molecule has 2 aromatic rings. The van der Waals surface area contributed by atoms with Crippen LogP contribution in [-0.4, -0.2) is 28.5 Å². The van der Waals surface area contributed by atoms with Crippen LogP contribution in [0, 0.1) is 25.2 Å². The molecule has 0 amide bonds. The second kappa shape index (κ2) is 6.49. The van der Waals surface area contributed by atoms with Gasteiger partial charge in [-0.3, -0.25) is 9.78 Å². The van der Waals surface area contributed by atoms with E-state index >= 15 is 0 Å². The average molecular weight is 308 g/mol. The van der Waals surface area contributed by atoms with Crippen molar-refractivity contribution in [1.82, 2.24) is 14.5 Å². The van der Waals surface area contributed by atoms with E-state index in [1.54, 1.807) is 13.1 Å². The molecule has 2 heterocycles. The molecule has 0 aliphatic heterocycles. The third kappa shape index (κ3) is 3.49. The molecule has 5 nitrogen and oxygen atoms in total. The minimum absolute atomic E-state index is 0.136. The summed E-state index contributed by atoms with van der Waals surface area (Å²) in [6.45, 7) is 3.86. The van der Waals surface area contributed by atoms with E-state index in [9.17, 15) is 10.1 Å². The van der Waals surface area contributed by atoms with E-state index in [4.69, 9.17) is 0 Å². The zero-order valence-electron chi connectivity index (χ0n) is 14.1. The molecule has 0 N–H and O–H groups in total. The number of aryl methyl sites for hydroxylation is 2. The Kier molecular flexibility index (Phi) is 4.65. The van der Waals surface area contributed by atoms with Crippen LogP contribution in [0.15, 0.2) is 29.2 Å². The van der Waals surface area contributed by atoms with Gasteiger partial charge in [0.25, 0.3) is 5.56 Å². The molecule has 0 aliphatic carbocycles. The Morgan fingerprint density at radius 3 is 2.35 bits per heavy atom. The number of nitriles is 1. The maximum Gasteiger partial charge on any atom is 0.268 e. The Labute approximate surface area is 136 Å². The lowest BCUT2D eigenvalue weighted by molar-refractivity contribution is 0.567. The van der Waals surface area contributed by atoms with Crippen molar-refractivity contribution in [3.05, 3.63) is 57.4 Å². The van der Waals surface area contributed by atoms with E-state index in [1.807, 2.05) is 63.3 Å². The molecular formula is C18H20N4O. The lowest BCUT2D eigenvalue weighted by Crippen LogP contribution is -2.22. The van der Waals surface area contributed by atoms with E-state index in [1.165, 1.54) is 4.57 Å². The maximum absolute atomic E-state index is 12.3. The third-order valence-electron chi connectivity index (χ3n) is 3.50. The van der Waals surface area contributed by atoms with Crippen LogP contribution in [0.4, 0.5) is 0 Å². The van der Waals surface area contributed by atoms with Gasteiger partial charge in [0, 0.05) is 44.3 Å². The lowest BCUT2D eigenvalue weighted by Gasteiger charge is -2.14. The topological polar surface area (TPSA) is 61.9 Å². The summed E-state index contributed by atoms with van der Waals surface area (Å²) < 4.78 is 1.51. The molecule has 0 aromatic carbocycles. The third-order valence-corrected chi connectivity index (χ3v) is 3.50. The fourth-order valence-electron chi connectivity index (χ4n) is 2.47. The van der Waals surface area contributed by atoms with Crippen molar-refractivity contribution < 1.29 is 0 Å². The van der Waals surface area contributed by atoms with Gasteiger partial charge in [0.15, 0.2) is 0 Å². The zero-order valence-corrected chi connectivity index (χ0v) is 14.1. The Hall–Kier alpha value is -2.87. The van der Waals surface area contributed by atoms with Gasteiger partial charge in [0.1, 0.15) is 11.6 Å². The molecule has 0 radical (unpaired) electrons. The van der Waals surface area contributed by atoms with Crippen molar-refractivity contribution in [2.75, 3.05) is 14.1 Å². The van der Waals surface area contributed by atoms with Crippen molar-refractivity contribution in [3.8, 4) is 17.2 Å². The molecule has 0 aliphatic rings. The van der Waals surface area contributed by atoms with Gasteiger partial charge in [-0.15, -0.1) is 0 Å². The van der Waals surface area contributed by atoms with Crippen LogP contribution in [0.2, 0.25) is 0 Å². The second-order valence-electron chi connectivity index (χ2n) is 5.75. The van der Waals surface area contributed by atoms with Crippen molar-refractivity contribution >= 4 is 6.08 Å². The molecule has 0 unspecified atom stereocenters. The SMILES string of the molecule is Cc1cc(-c2cc(C#N)c(=O)n(C)c2/C=C/N(C)C)cc(C)n1. The fraction of sp³-hybridized carbons (Fsp3) is 0.278. The van der Waals surface area contributed by atoms with Crippen molar-refractivity contribution in [3.63, 3.8) is 0 Å². The molecule has 0 saturated heterocycles. The van der Waals surface area contributed by atoms with Crippen molar-refractivity contribution in [2.24, 2.45) is 7.05 Å². The normalized spacial score (nSPS) is 10.8. The summed E-state index contributed by atoms with van der Waals surface area (Å²) in [5, 5.41) is 9.23. The Bertz CT molecular complexity index is 850. The Morgan fingerprint density at radius 1 is 1.22 bits per heavy atom. The molecular weight excluding hydrogens is 288 g/mol. The standard InChI is InChI=1S/C18H20N4O/c1-12-8-14(9-13(2)20-12)16-10-15(11-19)18(23)22(5)17(16)6-7-21(3)4/h6-10H,1-5H3/b7-6+. The molecule has 5 heteroatoms. The molecule has 0 saturated carbocycles. The predicted molar refractivity (Wildman–Crippen MR) is 91.8 cm³/mol. The summed E-state index contributed by atoms with van der Waals surface area (Å²) >= 11 is 0. The summed E-state index contributed by atoms with van der Waals surface area (Å²) in [5.41, 5.74) is 4.18. The summed E-state index contributed by atoms with van der Waals surface area (Å²) in [4.78, 5) is 18.5. The summed E-state index contributed by atoms with van der Waals surface area (Å²) in [7, 11) is 5.51. The minimum atomic E-state index is -0.294. The van der Waals surface area contributed by atoms with Gasteiger partial charge in [0.2, 0.25) is 0 Å². The van der Waals surface area contributed by atoms with E-state index < -0.39 is 0 Å². The maximum atomic E-state index is 12.3. The van der Waals surface area contributed by atoms with Gasteiger partial charge >= 0.3 is 0 Å². The first-order valence-electron chi connectivity index (χ1n) is 7.28. The largest absolute Gasteiger partial charge is 0.383 e. The first-order chi connectivity index (χ1) is 10.8. The number of rotatable bonds is 3. The molecule has 0 fully saturated rings. The van der Waals surface area contributed by atoms with Gasteiger partial charge < -0.3 is 9.47 Å². The van der Waals surface area contributed by atoms with Gasteiger partial charge in [-0.05, 0) is 43.7 Å². The number of aromatic nitrogens is 2. The van der Waals surface area contributed by atoms with Crippen LogP contribution in [-0.2, 0) is 7.05 Å². The molecule has 2 rings (SSSR count). The molecule has 2 aromatic heterocycles. The van der Waals surface area contributed by atoms with Crippen LogP contribution in [0.25, 0.3) is 17.2 Å². The summed E-state index contributed by atoms with van der Waals surface area (Å²) in [6, 6.07) is 7.56. The molecule has 0 bridgehead atoms. The van der Waals surface area contributed by atoms with E-state index in [-0.39, 0.29) is 11.1 Å². The Morgan fingerprint density at radius 2 is 1.83 bits per heavy atom. The van der Waals surface area contributed by atoms with Gasteiger partial charge in [-0.2, -0.15) is 5.26 Å². The quantitative estimate of drug-likeness (QED) is 0.874.